The molecule has 152 valence electrons. The van der Waals surface area contributed by atoms with Crippen LogP contribution in [0.4, 0.5) is 0 Å². The molecule has 0 bridgehead atoms. The van der Waals surface area contributed by atoms with Crippen molar-refractivity contribution in [3.8, 4) is 0 Å². The van der Waals surface area contributed by atoms with Crippen molar-refractivity contribution < 1.29 is 29.2 Å². The highest BCUT2D eigenvalue weighted by atomic mass is 32.2. The first-order valence-corrected chi connectivity index (χ1v) is 10.6. The number of β-lactam (4-membered cyclic amide) rings is 1. The van der Waals surface area contributed by atoms with E-state index in [2.05, 4.69) is 4.98 Å². The van der Waals surface area contributed by atoms with Crippen molar-refractivity contribution in [2.75, 3.05) is 0 Å². The Morgan fingerprint density at radius 2 is 2.21 bits per heavy atom. The van der Waals surface area contributed by atoms with Gasteiger partial charge in [0.25, 0.3) is 5.91 Å². The number of aliphatic hydroxyl groups is 1. The number of thioether (sulfide) groups is 1. The Hall–Kier alpha value is -2.50. The highest BCUT2D eigenvalue weighted by molar-refractivity contribution is 8.04. The number of carbonyl (C=O) groups excluding carboxylic acids is 2. The summed E-state index contributed by atoms with van der Waals surface area (Å²) in [5.74, 6) is -2.81. The SMILES string of the molecule is C[C@@H](O)[C@H]1C(=O)N2C(C(=O)O)=C(Sc3nc4c[n+](CC(N)=O)ccc4s3)[C@H](C)[C@H]12. The lowest BCUT2D eigenvalue weighted by atomic mass is 9.79. The first-order valence-electron chi connectivity index (χ1n) is 8.93. The average molecular weight is 436 g/mol. The van der Waals surface area contributed by atoms with Crippen LogP contribution in [0.2, 0.25) is 0 Å². The summed E-state index contributed by atoms with van der Waals surface area (Å²) in [6, 6.07) is 1.47. The van der Waals surface area contributed by atoms with Gasteiger partial charge in [-0.1, -0.05) is 18.7 Å². The van der Waals surface area contributed by atoms with Gasteiger partial charge in [0.2, 0.25) is 12.5 Å². The predicted molar refractivity (Wildman–Crippen MR) is 104 cm³/mol. The second-order valence-corrected chi connectivity index (χ2v) is 9.51. The van der Waals surface area contributed by atoms with Crippen molar-refractivity contribution in [2.45, 2.75) is 36.9 Å². The van der Waals surface area contributed by atoms with E-state index < -0.39 is 23.9 Å². The molecule has 4 rings (SSSR count). The summed E-state index contributed by atoms with van der Waals surface area (Å²) in [6.45, 7) is 3.46. The zero-order chi connectivity index (χ0) is 21.0. The molecule has 0 unspecified atom stereocenters. The fourth-order valence-electron chi connectivity index (χ4n) is 3.97. The topological polar surface area (TPSA) is 138 Å². The van der Waals surface area contributed by atoms with E-state index in [4.69, 9.17) is 5.73 Å². The summed E-state index contributed by atoms with van der Waals surface area (Å²) in [5, 5.41) is 19.6. The first-order chi connectivity index (χ1) is 13.7. The van der Waals surface area contributed by atoms with Crippen molar-refractivity contribution >= 4 is 51.1 Å². The van der Waals surface area contributed by atoms with Crippen LogP contribution in [0.15, 0.2) is 33.4 Å². The van der Waals surface area contributed by atoms with Crippen LogP contribution >= 0.6 is 23.1 Å². The molecule has 4 atom stereocenters. The van der Waals surface area contributed by atoms with Crippen LogP contribution in [0, 0.1) is 11.8 Å². The van der Waals surface area contributed by atoms with E-state index >= 15 is 0 Å². The van der Waals surface area contributed by atoms with E-state index in [-0.39, 0.29) is 30.1 Å². The zero-order valence-corrected chi connectivity index (χ0v) is 17.2. The standard InChI is InChI=1S/C18H18N4O5S2/c1-7-13-12(8(2)23)16(25)22(13)14(17(26)27)15(7)29-18-20-9-5-21(6-11(19)24)4-3-10(9)28-18/h3-5,7-8,12-13,23H,6H2,1-2H3,(H2-,19,24,26,27)/p+1/t7-,8-,12-,13-/m1/s1. The Morgan fingerprint density at radius 1 is 1.48 bits per heavy atom. The van der Waals surface area contributed by atoms with Crippen LogP contribution in [-0.4, -0.2) is 50.0 Å². The van der Waals surface area contributed by atoms with Crippen molar-refractivity contribution in [3.05, 3.63) is 29.1 Å². The number of nitrogens with zero attached hydrogens (tertiary/aromatic N) is 3. The minimum absolute atomic E-state index is 0.0301. The third-order valence-corrected chi connectivity index (χ3v) is 7.60. The van der Waals surface area contributed by atoms with Crippen LogP contribution in [-0.2, 0) is 20.9 Å². The van der Waals surface area contributed by atoms with Crippen molar-refractivity contribution in [2.24, 2.45) is 17.6 Å². The maximum atomic E-state index is 12.4. The van der Waals surface area contributed by atoms with Gasteiger partial charge in [-0.3, -0.25) is 9.59 Å². The van der Waals surface area contributed by atoms with Gasteiger partial charge in [-0.05, 0) is 6.92 Å². The number of primary amides is 1. The smallest absolute Gasteiger partial charge is 0.353 e. The molecule has 2 aromatic rings. The molecule has 4 N–H and O–H groups in total. The van der Waals surface area contributed by atoms with Crippen molar-refractivity contribution in [1.29, 1.82) is 0 Å². The van der Waals surface area contributed by atoms with Crippen molar-refractivity contribution in [1.82, 2.24) is 9.88 Å². The monoisotopic (exact) mass is 435 g/mol. The van der Waals surface area contributed by atoms with Crippen LogP contribution in [0.25, 0.3) is 10.2 Å². The van der Waals surface area contributed by atoms with E-state index in [1.54, 1.807) is 23.9 Å². The average Bonchev–Trinajstić information content (AvgIpc) is 3.11. The number of aliphatic carboxylic acids is 1. The van der Waals surface area contributed by atoms with Gasteiger partial charge >= 0.3 is 5.97 Å². The second-order valence-electron chi connectivity index (χ2n) is 7.19. The molecule has 0 saturated carbocycles. The van der Waals surface area contributed by atoms with Crippen LogP contribution in [0.1, 0.15) is 13.8 Å². The fraction of sp³-hybridized carbons (Fsp3) is 0.389. The maximum absolute atomic E-state index is 12.4. The largest absolute Gasteiger partial charge is 0.477 e. The van der Waals surface area contributed by atoms with Crippen LogP contribution < -0.4 is 10.3 Å². The molecule has 2 aliphatic rings. The lowest BCUT2D eigenvalue weighted by Crippen LogP contribution is -2.63. The number of fused-ring (bicyclic) bond motifs is 2. The number of hydrogen-bond donors (Lipinski definition) is 3. The summed E-state index contributed by atoms with van der Waals surface area (Å²) in [5.41, 5.74) is 5.87. The molecule has 2 aromatic heterocycles. The molecule has 29 heavy (non-hydrogen) atoms. The number of carbonyl (C=O) groups is 3. The molecule has 0 aromatic carbocycles. The number of aliphatic hydroxyl groups excluding tert-OH is 1. The van der Waals surface area contributed by atoms with Gasteiger partial charge in [-0.2, -0.15) is 4.57 Å². The van der Waals surface area contributed by atoms with Gasteiger partial charge < -0.3 is 20.8 Å². The normalized spacial score (nSPS) is 24.6. The van der Waals surface area contributed by atoms with Gasteiger partial charge in [-0.25, -0.2) is 9.78 Å². The molecule has 11 heteroatoms. The molecule has 0 spiro atoms. The molecule has 1 saturated heterocycles. The summed E-state index contributed by atoms with van der Waals surface area (Å²) < 4.78 is 3.16. The van der Waals surface area contributed by atoms with Gasteiger partial charge in [0.15, 0.2) is 16.7 Å². The van der Waals surface area contributed by atoms with E-state index in [1.807, 2.05) is 13.0 Å². The number of hydrogen-bond acceptors (Lipinski definition) is 7. The first kappa shape index (κ1) is 19.8. The van der Waals surface area contributed by atoms with Gasteiger partial charge in [0, 0.05) is 16.9 Å². The van der Waals surface area contributed by atoms with Crippen LogP contribution in [0.3, 0.4) is 0 Å². The van der Waals surface area contributed by atoms with E-state index in [0.717, 1.165) is 4.70 Å². The van der Waals surface area contributed by atoms with E-state index in [9.17, 15) is 24.6 Å². The molecule has 4 heterocycles. The van der Waals surface area contributed by atoms with Crippen molar-refractivity contribution in [3.63, 3.8) is 0 Å². The molecule has 2 amide bonds. The highest BCUT2D eigenvalue weighted by Gasteiger charge is 2.60. The summed E-state index contributed by atoms with van der Waals surface area (Å²) in [7, 11) is 0. The third kappa shape index (κ3) is 3.18. The summed E-state index contributed by atoms with van der Waals surface area (Å²) in [6.07, 6.45) is 2.61. The fourth-order valence-corrected chi connectivity index (χ4v) is 6.28. The van der Waals surface area contributed by atoms with E-state index in [1.165, 1.54) is 28.0 Å². The quantitative estimate of drug-likeness (QED) is 0.439. The second kappa shape index (κ2) is 7.08. The van der Waals surface area contributed by atoms with Gasteiger partial charge in [0.05, 0.1) is 22.8 Å². The Morgan fingerprint density at radius 3 is 2.83 bits per heavy atom. The number of carboxylic acid groups (broad SMARTS) is 1. The lowest BCUT2D eigenvalue weighted by molar-refractivity contribution is -0.683. The lowest BCUT2D eigenvalue weighted by Gasteiger charge is -2.46. The number of carboxylic acids is 1. The Kier molecular flexibility index (Phi) is 4.83. The Labute approximate surface area is 173 Å². The number of thiazole rings is 1. The van der Waals surface area contributed by atoms with Crippen LogP contribution in [0.5, 0.6) is 0 Å². The summed E-state index contributed by atoms with van der Waals surface area (Å²) >= 11 is 2.63. The Bertz CT molecular complexity index is 1080. The third-order valence-electron chi connectivity index (χ3n) is 5.21. The minimum Gasteiger partial charge on any atom is -0.477 e. The zero-order valence-electron chi connectivity index (χ0n) is 15.6. The number of nitrogens with two attached hydrogens (primary N) is 1. The molecule has 9 nitrogen and oxygen atoms in total. The molecular weight excluding hydrogens is 416 g/mol. The van der Waals surface area contributed by atoms with Gasteiger partial charge in [-0.15, -0.1) is 11.3 Å². The predicted octanol–water partition coefficient (Wildman–Crippen LogP) is 0.315. The number of amides is 2. The highest BCUT2D eigenvalue weighted by Crippen LogP contribution is 2.52. The molecule has 2 aliphatic heterocycles. The number of aromatic nitrogens is 2. The molecule has 1 fully saturated rings. The Balaban J connectivity index is 1.67. The molecule has 0 aliphatic carbocycles. The number of pyridine rings is 1. The van der Waals surface area contributed by atoms with Gasteiger partial charge in [0.1, 0.15) is 11.2 Å². The minimum atomic E-state index is -1.17. The summed E-state index contributed by atoms with van der Waals surface area (Å²) in [4.78, 5) is 41.8. The number of rotatable bonds is 6. The maximum Gasteiger partial charge on any atom is 0.353 e. The molecule has 0 radical (unpaired) electrons. The van der Waals surface area contributed by atoms with E-state index in [0.29, 0.717) is 14.8 Å². The molecular formula is C18H19N4O5S2+.